The predicted octanol–water partition coefficient (Wildman–Crippen LogP) is 2.57. The van der Waals surface area contributed by atoms with Gasteiger partial charge in [-0.15, -0.1) is 0 Å². The smallest absolute Gasteiger partial charge is 0.433 e. The maximum atomic E-state index is 11.7. The molecule has 2 heterocycles. The first-order chi connectivity index (χ1) is 11.5. The highest BCUT2D eigenvalue weighted by Crippen LogP contribution is 2.23. The minimum absolute atomic E-state index is 0.132. The van der Waals surface area contributed by atoms with E-state index in [4.69, 9.17) is 14.2 Å². The van der Waals surface area contributed by atoms with Gasteiger partial charge in [0.15, 0.2) is 0 Å². The Labute approximate surface area is 146 Å². The van der Waals surface area contributed by atoms with Crippen molar-refractivity contribution >= 4 is 6.16 Å². The summed E-state index contributed by atoms with van der Waals surface area (Å²) in [6.07, 6.45) is 2.06. The fourth-order valence-corrected chi connectivity index (χ4v) is 3.80. The molecule has 2 fully saturated rings. The van der Waals surface area contributed by atoms with E-state index in [-0.39, 0.29) is 6.23 Å². The van der Waals surface area contributed by atoms with Gasteiger partial charge in [0, 0.05) is 25.7 Å². The van der Waals surface area contributed by atoms with Gasteiger partial charge in [0.1, 0.15) is 19.4 Å². The molecule has 0 spiro atoms. The Hall–Kier alpha value is -0.850. The summed E-state index contributed by atoms with van der Waals surface area (Å²) in [6, 6.07) is 0.618. The molecule has 2 aliphatic rings. The summed E-state index contributed by atoms with van der Waals surface area (Å²) in [6.45, 7) is 13.8. The number of hydrogen-bond donors (Lipinski definition) is 0. The maximum absolute atomic E-state index is 11.7. The fraction of sp³-hybridized carbons (Fsp3) is 0.944. The van der Waals surface area contributed by atoms with Crippen molar-refractivity contribution in [2.24, 2.45) is 11.8 Å². The summed E-state index contributed by atoms with van der Waals surface area (Å²) < 4.78 is 16.1. The van der Waals surface area contributed by atoms with Crippen LogP contribution in [-0.2, 0) is 14.2 Å². The molecular formula is C18H34N2O4. The average molecular weight is 342 g/mol. The minimum Gasteiger partial charge on any atom is -0.433 e. The molecule has 2 atom stereocenters. The van der Waals surface area contributed by atoms with E-state index in [0.717, 1.165) is 26.2 Å². The van der Waals surface area contributed by atoms with Gasteiger partial charge in [-0.25, -0.2) is 4.79 Å². The highest BCUT2D eigenvalue weighted by molar-refractivity contribution is 5.59. The van der Waals surface area contributed by atoms with Gasteiger partial charge in [-0.1, -0.05) is 27.7 Å². The molecule has 2 rings (SSSR count). The van der Waals surface area contributed by atoms with Crippen LogP contribution >= 0.6 is 0 Å². The summed E-state index contributed by atoms with van der Waals surface area (Å²) in [5.41, 5.74) is 0. The van der Waals surface area contributed by atoms with Gasteiger partial charge < -0.3 is 14.2 Å². The molecule has 24 heavy (non-hydrogen) atoms. The van der Waals surface area contributed by atoms with E-state index in [1.807, 2.05) is 0 Å². The van der Waals surface area contributed by atoms with E-state index in [1.165, 1.54) is 12.8 Å². The molecule has 0 aromatic rings. The number of carbonyl (C=O) groups is 1. The van der Waals surface area contributed by atoms with E-state index >= 15 is 0 Å². The van der Waals surface area contributed by atoms with Crippen molar-refractivity contribution < 1.29 is 19.0 Å². The Morgan fingerprint density at radius 1 is 1.04 bits per heavy atom. The molecule has 2 unspecified atom stereocenters. The Balaban J connectivity index is 1.57. The van der Waals surface area contributed by atoms with E-state index < -0.39 is 6.16 Å². The lowest BCUT2D eigenvalue weighted by atomic mass is 10.0. The number of rotatable bonds is 8. The average Bonchev–Trinajstić information content (AvgIpc) is 3.16. The zero-order chi connectivity index (χ0) is 17.5. The van der Waals surface area contributed by atoms with Crippen LogP contribution in [0.25, 0.3) is 0 Å². The van der Waals surface area contributed by atoms with Crippen molar-refractivity contribution in [1.29, 1.82) is 0 Å². The Kier molecular flexibility index (Phi) is 7.78. The predicted molar refractivity (Wildman–Crippen MR) is 92.9 cm³/mol. The summed E-state index contributed by atoms with van der Waals surface area (Å²) in [7, 11) is 0. The van der Waals surface area contributed by atoms with Gasteiger partial charge in [-0.2, -0.15) is 0 Å². The molecule has 2 aliphatic heterocycles. The Morgan fingerprint density at radius 2 is 1.71 bits per heavy atom. The first-order valence-electron chi connectivity index (χ1n) is 9.38. The molecule has 0 aromatic heterocycles. The first kappa shape index (κ1) is 19.5. The monoisotopic (exact) mass is 342 g/mol. The summed E-state index contributed by atoms with van der Waals surface area (Å²) in [5.74, 6) is 1.09. The van der Waals surface area contributed by atoms with Crippen molar-refractivity contribution in [3.8, 4) is 0 Å². The molecule has 0 radical (unpaired) electrons. The van der Waals surface area contributed by atoms with Crippen LogP contribution in [0.5, 0.6) is 0 Å². The zero-order valence-corrected chi connectivity index (χ0v) is 15.7. The van der Waals surface area contributed by atoms with Gasteiger partial charge in [0.25, 0.3) is 0 Å². The van der Waals surface area contributed by atoms with Gasteiger partial charge >= 0.3 is 6.16 Å². The minimum atomic E-state index is -0.559. The standard InChI is InChI=1S/C18H34N2O4/c1-14(2)16-6-5-7-19(16)8-12-23-18(21)24-13-10-20-9-11-22-17(20)15(3)4/h14-17H,5-13H2,1-4H3. The molecule has 0 bridgehead atoms. The number of hydrogen-bond acceptors (Lipinski definition) is 6. The number of nitrogens with zero attached hydrogens (tertiary/aromatic N) is 2. The van der Waals surface area contributed by atoms with E-state index in [9.17, 15) is 4.79 Å². The molecule has 0 amide bonds. The Bertz CT molecular complexity index is 355. The molecule has 6 nitrogen and oxygen atoms in total. The maximum Gasteiger partial charge on any atom is 0.508 e. The van der Waals surface area contributed by atoms with Crippen molar-refractivity contribution in [1.82, 2.24) is 9.80 Å². The molecule has 0 saturated carbocycles. The first-order valence-corrected chi connectivity index (χ1v) is 9.38. The van der Waals surface area contributed by atoms with Crippen molar-refractivity contribution in [2.75, 3.05) is 46.0 Å². The summed E-state index contributed by atoms with van der Waals surface area (Å²) >= 11 is 0. The van der Waals surface area contributed by atoms with Crippen LogP contribution in [0.15, 0.2) is 0 Å². The molecule has 140 valence electrons. The quantitative estimate of drug-likeness (QED) is 0.632. The van der Waals surface area contributed by atoms with Crippen molar-refractivity contribution in [3.63, 3.8) is 0 Å². The lowest BCUT2D eigenvalue weighted by Crippen LogP contribution is -2.37. The highest BCUT2D eigenvalue weighted by atomic mass is 16.7. The molecular weight excluding hydrogens is 308 g/mol. The van der Waals surface area contributed by atoms with Crippen LogP contribution in [0.4, 0.5) is 4.79 Å². The van der Waals surface area contributed by atoms with Crippen molar-refractivity contribution in [3.05, 3.63) is 0 Å². The lowest BCUT2D eigenvalue weighted by Gasteiger charge is -2.27. The molecule has 0 aromatic carbocycles. The second-order valence-electron chi connectivity index (χ2n) is 7.48. The second kappa shape index (κ2) is 9.59. The van der Waals surface area contributed by atoms with Crippen LogP contribution in [0.1, 0.15) is 40.5 Å². The number of ether oxygens (including phenoxy) is 3. The van der Waals surface area contributed by atoms with Crippen LogP contribution in [0.3, 0.4) is 0 Å². The van der Waals surface area contributed by atoms with Crippen LogP contribution in [-0.4, -0.2) is 74.2 Å². The fourth-order valence-electron chi connectivity index (χ4n) is 3.80. The summed E-state index contributed by atoms with van der Waals surface area (Å²) in [4.78, 5) is 16.3. The van der Waals surface area contributed by atoms with Gasteiger partial charge in [0.05, 0.1) is 6.61 Å². The van der Waals surface area contributed by atoms with E-state index in [2.05, 4.69) is 37.5 Å². The molecule has 2 saturated heterocycles. The van der Waals surface area contributed by atoms with Crippen LogP contribution in [0.2, 0.25) is 0 Å². The third-order valence-corrected chi connectivity index (χ3v) is 4.98. The topological polar surface area (TPSA) is 51.2 Å². The van der Waals surface area contributed by atoms with Crippen LogP contribution in [0, 0.1) is 11.8 Å². The van der Waals surface area contributed by atoms with Gasteiger partial charge in [-0.3, -0.25) is 9.80 Å². The van der Waals surface area contributed by atoms with E-state index in [0.29, 0.717) is 37.6 Å². The number of likely N-dealkylation sites (tertiary alicyclic amines) is 1. The number of carbonyl (C=O) groups excluding carboxylic acids is 1. The second-order valence-corrected chi connectivity index (χ2v) is 7.48. The zero-order valence-electron chi connectivity index (χ0n) is 15.7. The highest BCUT2D eigenvalue weighted by Gasteiger charge is 2.28. The third-order valence-electron chi connectivity index (χ3n) is 4.98. The van der Waals surface area contributed by atoms with Crippen molar-refractivity contribution in [2.45, 2.75) is 52.8 Å². The summed E-state index contributed by atoms with van der Waals surface area (Å²) in [5, 5.41) is 0. The molecule has 6 heteroatoms. The SMILES string of the molecule is CC(C)C1CCCN1CCOC(=O)OCCN1CCOC1C(C)C. The normalized spacial score (nSPS) is 25.8. The van der Waals surface area contributed by atoms with Gasteiger partial charge in [0.2, 0.25) is 0 Å². The largest absolute Gasteiger partial charge is 0.508 e. The lowest BCUT2D eigenvalue weighted by molar-refractivity contribution is -0.0144. The van der Waals surface area contributed by atoms with E-state index in [1.54, 1.807) is 0 Å². The molecule has 0 aliphatic carbocycles. The third kappa shape index (κ3) is 5.60. The molecule has 0 N–H and O–H groups in total. The van der Waals surface area contributed by atoms with Crippen LogP contribution < -0.4 is 0 Å². The van der Waals surface area contributed by atoms with Gasteiger partial charge in [-0.05, 0) is 31.2 Å². The Morgan fingerprint density at radius 3 is 2.33 bits per heavy atom.